The number of amides is 1. The van der Waals surface area contributed by atoms with Crippen LogP contribution < -0.4 is 11.1 Å². The van der Waals surface area contributed by atoms with Gasteiger partial charge in [0.1, 0.15) is 0 Å². The first-order chi connectivity index (χ1) is 5.75. The summed E-state index contributed by atoms with van der Waals surface area (Å²) in [4.78, 5) is 13.0. The second-order valence-corrected chi connectivity index (χ2v) is 3.25. The molecule has 1 fully saturated rings. The number of piperazine rings is 1. The molecule has 1 amide bonds. The second kappa shape index (κ2) is 4.69. The fraction of sp³-hybridized carbons (Fsp3) is 0.857. The van der Waals surface area contributed by atoms with E-state index in [0.29, 0.717) is 5.75 Å². The van der Waals surface area contributed by atoms with Gasteiger partial charge in [-0.25, -0.2) is 0 Å². The van der Waals surface area contributed by atoms with E-state index in [-0.39, 0.29) is 11.9 Å². The second-order valence-electron chi connectivity index (χ2n) is 2.89. The Labute approximate surface area is 77.9 Å². The summed E-state index contributed by atoms with van der Waals surface area (Å²) in [6, 6.07) is -0.199. The van der Waals surface area contributed by atoms with Crippen LogP contribution in [0.5, 0.6) is 0 Å². The van der Waals surface area contributed by atoms with Gasteiger partial charge in [0.2, 0.25) is 5.91 Å². The highest BCUT2D eigenvalue weighted by Crippen LogP contribution is 2.02. The molecule has 12 heavy (non-hydrogen) atoms. The van der Waals surface area contributed by atoms with Gasteiger partial charge in [0.15, 0.2) is 0 Å². The zero-order valence-corrected chi connectivity index (χ0v) is 7.89. The van der Waals surface area contributed by atoms with Crippen molar-refractivity contribution >= 4 is 18.5 Å². The van der Waals surface area contributed by atoms with E-state index in [0.717, 1.165) is 26.2 Å². The molecule has 70 valence electrons. The van der Waals surface area contributed by atoms with Crippen molar-refractivity contribution in [1.82, 2.24) is 10.2 Å². The monoisotopic (exact) mass is 189 g/mol. The number of carbonyl (C=O) groups is 1. The lowest BCUT2D eigenvalue weighted by atomic mass is 10.2. The molecule has 1 saturated heterocycles. The molecule has 1 atom stereocenters. The van der Waals surface area contributed by atoms with Crippen LogP contribution in [0.1, 0.15) is 0 Å². The van der Waals surface area contributed by atoms with Crippen molar-refractivity contribution in [3.05, 3.63) is 0 Å². The maximum absolute atomic E-state index is 10.9. The zero-order valence-electron chi connectivity index (χ0n) is 6.99. The third-order valence-electron chi connectivity index (χ3n) is 2.09. The smallest absolute Gasteiger partial charge is 0.235 e. The average Bonchev–Trinajstić information content (AvgIpc) is 2.07. The van der Waals surface area contributed by atoms with Crippen LogP contribution in [0.2, 0.25) is 0 Å². The van der Waals surface area contributed by atoms with E-state index >= 15 is 0 Å². The highest BCUT2D eigenvalue weighted by Gasteiger charge is 2.23. The van der Waals surface area contributed by atoms with Gasteiger partial charge >= 0.3 is 0 Å². The molecule has 4 nitrogen and oxygen atoms in total. The van der Waals surface area contributed by atoms with Crippen molar-refractivity contribution in [2.75, 3.05) is 31.9 Å². The van der Waals surface area contributed by atoms with Gasteiger partial charge in [-0.2, -0.15) is 12.6 Å². The van der Waals surface area contributed by atoms with E-state index in [9.17, 15) is 4.79 Å². The van der Waals surface area contributed by atoms with Gasteiger partial charge < -0.3 is 11.1 Å². The third-order valence-corrected chi connectivity index (χ3v) is 2.44. The lowest BCUT2D eigenvalue weighted by Crippen LogP contribution is -2.53. The maximum Gasteiger partial charge on any atom is 0.235 e. The minimum atomic E-state index is -0.271. The van der Waals surface area contributed by atoms with Crippen LogP contribution in [0.15, 0.2) is 0 Å². The van der Waals surface area contributed by atoms with Crippen LogP contribution in [0.3, 0.4) is 0 Å². The Balaban J connectivity index is 2.46. The van der Waals surface area contributed by atoms with Crippen LogP contribution in [-0.2, 0) is 4.79 Å². The molecule has 0 aromatic rings. The number of hydrogen-bond acceptors (Lipinski definition) is 4. The molecule has 0 aromatic heterocycles. The summed E-state index contributed by atoms with van der Waals surface area (Å²) < 4.78 is 0. The number of primary amides is 1. The fourth-order valence-electron chi connectivity index (χ4n) is 1.38. The molecule has 0 radical (unpaired) electrons. The number of nitrogens with two attached hydrogens (primary N) is 1. The predicted molar refractivity (Wildman–Crippen MR) is 51.3 cm³/mol. The quantitative estimate of drug-likeness (QED) is 0.482. The minimum Gasteiger partial charge on any atom is -0.368 e. The Bertz CT molecular complexity index is 159. The first-order valence-corrected chi connectivity index (χ1v) is 4.74. The minimum absolute atomic E-state index is 0.199. The van der Waals surface area contributed by atoms with Crippen molar-refractivity contribution in [2.45, 2.75) is 6.04 Å². The molecule has 0 aromatic carbocycles. The Hall–Kier alpha value is -0.260. The van der Waals surface area contributed by atoms with E-state index in [1.807, 2.05) is 0 Å². The topological polar surface area (TPSA) is 58.4 Å². The normalized spacial score (nSPS) is 22.1. The number of nitrogens with one attached hydrogen (secondary N) is 1. The molecule has 0 spiro atoms. The molecule has 1 heterocycles. The lowest BCUT2D eigenvalue weighted by Gasteiger charge is -2.32. The molecule has 0 saturated carbocycles. The Morgan fingerprint density at radius 1 is 1.58 bits per heavy atom. The molecule has 3 N–H and O–H groups in total. The zero-order chi connectivity index (χ0) is 8.97. The summed E-state index contributed by atoms with van der Waals surface area (Å²) in [5, 5.41) is 3.21. The maximum atomic E-state index is 10.9. The lowest BCUT2D eigenvalue weighted by molar-refractivity contribution is -0.122. The number of nitrogens with zero attached hydrogens (tertiary/aromatic N) is 1. The molecule has 1 unspecified atom stereocenters. The van der Waals surface area contributed by atoms with E-state index < -0.39 is 0 Å². The van der Waals surface area contributed by atoms with E-state index in [2.05, 4.69) is 22.8 Å². The number of thiol groups is 1. The van der Waals surface area contributed by atoms with E-state index in [1.54, 1.807) is 0 Å². The van der Waals surface area contributed by atoms with Gasteiger partial charge in [-0.1, -0.05) is 0 Å². The summed E-state index contributed by atoms with van der Waals surface area (Å²) in [5.41, 5.74) is 5.23. The van der Waals surface area contributed by atoms with Crippen LogP contribution in [-0.4, -0.2) is 48.8 Å². The van der Waals surface area contributed by atoms with Crippen LogP contribution >= 0.6 is 12.6 Å². The summed E-state index contributed by atoms with van der Waals surface area (Å²) in [5.74, 6) is 0.238. The highest BCUT2D eigenvalue weighted by molar-refractivity contribution is 7.80. The van der Waals surface area contributed by atoms with Crippen molar-refractivity contribution in [3.8, 4) is 0 Å². The fourth-order valence-corrected chi connectivity index (χ4v) is 1.79. The summed E-state index contributed by atoms with van der Waals surface area (Å²) in [6.07, 6.45) is 0. The molecule has 1 aliphatic heterocycles. The summed E-state index contributed by atoms with van der Waals surface area (Å²) in [7, 11) is 0. The number of rotatable bonds is 3. The van der Waals surface area contributed by atoms with Crippen molar-refractivity contribution < 1.29 is 4.79 Å². The van der Waals surface area contributed by atoms with E-state index in [1.165, 1.54) is 0 Å². The number of carbonyl (C=O) groups excluding carboxylic acids is 1. The standard InChI is InChI=1S/C7H15N3OS/c8-7(11)6(5-12)10-3-1-9-2-4-10/h6,9,12H,1-5H2,(H2,8,11). The SMILES string of the molecule is NC(=O)C(CS)N1CCNCC1. The molecule has 1 aliphatic rings. The van der Waals surface area contributed by atoms with Crippen LogP contribution in [0, 0.1) is 0 Å². The predicted octanol–water partition coefficient (Wildman–Crippen LogP) is -1.32. The molecule has 0 bridgehead atoms. The summed E-state index contributed by atoms with van der Waals surface area (Å²) in [6.45, 7) is 3.62. The van der Waals surface area contributed by atoms with Gasteiger partial charge in [-0.05, 0) is 0 Å². The molecule has 5 heteroatoms. The molecule has 0 aliphatic carbocycles. The van der Waals surface area contributed by atoms with Gasteiger partial charge in [-0.3, -0.25) is 9.69 Å². The van der Waals surface area contributed by atoms with Gasteiger partial charge in [0.25, 0.3) is 0 Å². The molecule has 1 rings (SSSR count). The van der Waals surface area contributed by atoms with Gasteiger partial charge in [0.05, 0.1) is 6.04 Å². The van der Waals surface area contributed by atoms with Crippen molar-refractivity contribution in [2.24, 2.45) is 5.73 Å². The number of hydrogen-bond donors (Lipinski definition) is 3. The average molecular weight is 189 g/mol. The Kier molecular flexibility index (Phi) is 3.84. The highest BCUT2D eigenvalue weighted by atomic mass is 32.1. The third kappa shape index (κ3) is 2.36. The van der Waals surface area contributed by atoms with E-state index in [4.69, 9.17) is 5.73 Å². The first kappa shape index (κ1) is 9.83. The first-order valence-electron chi connectivity index (χ1n) is 4.10. The Morgan fingerprint density at radius 2 is 2.17 bits per heavy atom. The van der Waals surface area contributed by atoms with Crippen molar-refractivity contribution in [1.29, 1.82) is 0 Å². The van der Waals surface area contributed by atoms with Crippen LogP contribution in [0.25, 0.3) is 0 Å². The largest absolute Gasteiger partial charge is 0.368 e. The Morgan fingerprint density at radius 3 is 2.58 bits per heavy atom. The van der Waals surface area contributed by atoms with Crippen molar-refractivity contribution in [3.63, 3.8) is 0 Å². The van der Waals surface area contributed by atoms with Gasteiger partial charge in [-0.15, -0.1) is 0 Å². The van der Waals surface area contributed by atoms with Crippen LogP contribution in [0.4, 0.5) is 0 Å². The molecular weight excluding hydrogens is 174 g/mol. The van der Waals surface area contributed by atoms with Gasteiger partial charge in [0, 0.05) is 31.9 Å². The summed E-state index contributed by atoms with van der Waals surface area (Å²) >= 11 is 4.10. The molecular formula is C7H15N3OS.